The van der Waals surface area contributed by atoms with Crippen molar-refractivity contribution in [2.45, 2.75) is 26.7 Å². The number of carbonyl (C=O) groups is 1. The predicted octanol–water partition coefficient (Wildman–Crippen LogP) is 1.06. The molecule has 2 rings (SSSR count). The van der Waals surface area contributed by atoms with Crippen LogP contribution in [0.15, 0.2) is 6.20 Å². The molecule has 0 radical (unpaired) electrons. The summed E-state index contributed by atoms with van der Waals surface area (Å²) in [6.45, 7) is 5.87. The largest absolute Gasteiger partial charge is 0.355 e. The summed E-state index contributed by atoms with van der Waals surface area (Å²) in [5.41, 5.74) is 1.85. The molecule has 1 aliphatic heterocycles. The number of carbonyl (C=O) groups excluding carboxylic acids is 1. The lowest BCUT2D eigenvalue weighted by Gasteiger charge is -2.32. The fraction of sp³-hybridized carbons (Fsp3) is 0.533. The van der Waals surface area contributed by atoms with E-state index in [1.165, 1.54) is 0 Å². The van der Waals surface area contributed by atoms with E-state index < -0.39 is 0 Å². The van der Waals surface area contributed by atoms with Crippen LogP contribution in [-0.4, -0.2) is 35.5 Å². The average molecular weight is 272 g/mol. The normalized spacial score (nSPS) is 15.8. The van der Waals surface area contributed by atoms with E-state index in [0.717, 1.165) is 43.1 Å². The molecule has 20 heavy (non-hydrogen) atoms. The lowest BCUT2D eigenvalue weighted by molar-refractivity contribution is -0.125. The highest BCUT2D eigenvalue weighted by atomic mass is 16.1. The first kappa shape index (κ1) is 14.3. The second-order valence-electron chi connectivity index (χ2n) is 5.10. The van der Waals surface area contributed by atoms with Gasteiger partial charge in [-0.25, -0.2) is 4.98 Å². The summed E-state index contributed by atoms with van der Waals surface area (Å²) < 4.78 is 0. The Bertz CT molecular complexity index is 527. The van der Waals surface area contributed by atoms with Gasteiger partial charge in [0.1, 0.15) is 5.82 Å². The van der Waals surface area contributed by atoms with Crippen LogP contribution in [0.3, 0.4) is 0 Å². The Labute approximate surface area is 119 Å². The van der Waals surface area contributed by atoms with Gasteiger partial charge in [0.2, 0.25) is 5.91 Å². The number of anilines is 1. The summed E-state index contributed by atoms with van der Waals surface area (Å²) in [6.07, 6.45) is 8.57. The molecule has 0 saturated carbocycles. The number of piperidine rings is 1. The molecule has 1 aliphatic rings. The highest BCUT2D eigenvalue weighted by Crippen LogP contribution is 2.23. The van der Waals surface area contributed by atoms with E-state index in [2.05, 4.69) is 26.1 Å². The van der Waals surface area contributed by atoms with Gasteiger partial charge >= 0.3 is 0 Å². The molecule has 2 heterocycles. The van der Waals surface area contributed by atoms with Crippen LogP contribution < -0.4 is 10.2 Å². The Morgan fingerprint density at radius 1 is 1.50 bits per heavy atom. The summed E-state index contributed by atoms with van der Waals surface area (Å²) in [6, 6.07) is 0. The lowest BCUT2D eigenvalue weighted by Crippen LogP contribution is -2.41. The molecule has 1 amide bonds. The maximum atomic E-state index is 11.9. The Morgan fingerprint density at radius 3 is 2.85 bits per heavy atom. The molecule has 1 fully saturated rings. The Morgan fingerprint density at radius 2 is 2.20 bits per heavy atom. The minimum absolute atomic E-state index is 0.0534. The number of aromatic nitrogens is 2. The maximum absolute atomic E-state index is 11.9. The number of aryl methyl sites for hydroxylation is 2. The fourth-order valence-corrected chi connectivity index (χ4v) is 2.46. The van der Waals surface area contributed by atoms with Gasteiger partial charge in [-0.1, -0.05) is 5.92 Å². The molecule has 5 heteroatoms. The first-order valence-electron chi connectivity index (χ1n) is 6.88. The standard InChI is InChI=1S/C15H20N4O/c1-4-7-16-15(20)13-5-8-19(9-6-13)14-12(3)17-10-11(2)18-14/h1,10,13H,5-9H2,2-3H3,(H,16,20). The predicted molar refractivity (Wildman–Crippen MR) is 78.3 cm³/mol. The van der Waals surface area contributed by atoms with Gasteiger partial charge in [-0.2, -0.15) is 0 Å². The first-order valence-corrected chi connectivity index (χ1v) is 6.88. The van der Waals surface area contributed by atoms with Crippen molar-refractivity contribution < 1.29 is 4.79 Å². The molecule has 0 aromatic carbocycles. The van der Waals surface area contributed by atoms with Gasteiger partial charge in [0.05, 0.1) is 17.9 Å². The summed E-state index contributed by atoms with van der Waals surface area (Å²) in [7, 11) is 0. The van der Waals surface area contributed by atoms with Crippen molar-refractivity contribution in [3.63, 3.8) is 0 Å². The fourth-order valence-electron chi connectivity index (χ4n) is 2.46. The van der Waals surface area contributed by atoms with E-state index in [0.29, 0.717) is 6.54 Å². The quantitative estimate of drug-likeness (QED) is 0.836. The molecule has 1 aromatic rings. The minimum atomic E-state index is 0.0534. The zero-order valence-electron chi connectivity index (χ0n) is 12.0. The molecule has 1 saturated heterocycles. The van der Waals surface area contributed by atoms with Crippen LogP contribution >= 0.6 is 0 Å². The molecular weight excluding hydrogens is 252 g/mol. The van der Waals surface area contributed by atoms with Gasteiger partial charge < -0.3 is 10.2 Å². The van der Waals surface area contributed by atoms with Crippen molar-refractivity contribution in [2.24, 2.45) is 5.92 Å². The number of nitrogens with one attached hydrogen (secondary N) is 1. The SMILES string of the molecule is C#CCNC(=O)C1CCN(c2nc(C)cnc2C)CC1. The zero-order chi connectivity index (χ0) is 14.5. The highest BCUT2D eigenvalue weighted by molar-refractivity contribution is 5.79. The van der Waals surface area contributed by atoms with Crippen molar-refractivity contribution in [3.05, 3.63) is 17.6 Å². The van der Waals surface area contributed by atoms with E-state index in [-0.39, 0.29) is 11.8 Å². The van der Waals surface area contributed by atoms with Gasteiger partial charge in [-0.05, 0) is 26.7 Å². The number of rotatable bonds is 3. The van der Waals surface area contributed by atoms with Crippen LogP contribution in [0.2, 0.25) is 0 Å². The van der Waals surface area contributed by atoms with Gasteiger partial charge in [-0.15, -0.1) is 6.42 Å². The van der Waals surface area contributed by atoms with Crippen LogP contribution in [0, 0.1) is 32.1 Å². The van der Waals surface area contributed by atoms with Crippen LogP contribution in [0.25, 0.3) is 0 Å². The molecular formula is C15H20N4O. The molecule has 0 aliphatic carbocycles. The van der Waals surface area contributed by atoms with Crippen LogP contribution in [0.4, 0.5) is 5.82 Å². The maximum Gasteiger partial charge on any atom is 0.223 e. The monoisotopic (exact) mass is 272 g/mol. The summed E-state index contributed by atoms with van der Waals surface area (Å²) in [5, 5.41) is 2.76. The highest BCUT2D eigenvalue weighted by Gasteiger charge is 2.26. The third kappa shape index (κ3) is 3.27. The number of nitrogens with zero attached hydrogens (tertiary/aromatic N) is 3. The molecule has 1 aromatic heterocycles. The second kappa shape index (κ2) is 6.38. The molecule has 0 spiro atoms. The molecule has 0 unspecified atom stereocenters. The number of hydrogen-bond donors (Lipinski definition) is 1. The minimum Gasteiger partial charge on any atom is -0.355 e. The third-order valence-corrected chi connectivity index (χ3v) is 3.58. The second-order valence-corrected chi connectivity index (χ2v) is 5.10. The van der Waals surface area contributed by atoms with Crippen LogP contribution in [0.5, 0.6) is 0 Å². The van der Waals surface area contributed by atoms with Crippen LogP contribution in [0.1, 0.15) is 24.2 Å². The topological polar surface area (TPSA) is 58.1 Å². The Balaban J connectivity index is 1.96. The van der Waals surface area contributed by atoms with Crippen LogP contribution in [-0.2, 0) is 4.79 Å². The van der Waals surface area contributed by atoms with Crippen molar-refractivity contribution >= 4 is 11.7 Å². The van der Waals surface area contributed by atoms with Gasteiger partial charge in [0.25, 0.3) is 0 Å². The van der Waals surface area contributed by atoms with Gasteiger partial charge in [0, 0.05) is 25.2 Å². The number of terminal acetylenes is 1. The number of amides is 1. The number of hydrogen-bond acceptors (Lipinski definition) is 4. The van der Waals surface area contributed by atoms with Crippen molar-refractivity contribution in [1.82, 2.24) is 15.3 Å². The van der Waals surface area contributed by atoms with E-state index in [1.807, 2.05) is 13.8 Å². The lowest BCUT2D eigenvalue weighted by atomic mass is 9.96. The summed E-state index contributed by atoms with van der Waals surface area (Å²) in [5.74, 6) is 3.48. The zero-order valence-corrected chi connectivity index (χ0v) is 12.0. The van der Waals surface area contributed by atoms with E-state index >= 15 is 0 Å². The van der Waals surface area contributed by atoms with Crippen molar-refractivity contribution in [1.29, 1.82) is 0 Å². The first-order chi connectivity index (χ1) is 9.61. The summed E-state index contributed by atoms with van der Waals surface area (Å²) in [4.78, 5) is 23.0. The third-order valence-electron chi connectivity index (χ3n) is 3.58. The van der Waals surface area contributed by atoms with E-state index in [4.69, 9.17) is 6.42 Å². The smallest absolute Gasteiger partial charge is 0.223 e. The van der Waals surface area contributed by atoms with E-state index in [1.54, 1.807) is 6.20 Å². The molecule has 5 nitrogen and oxygen atoms in total. The van der Waals surface area contributed by atoms with Crippen molar-refractivity contribution in [2.75, 3.05) is 24.5 Å². The molecule has 1 N–H and O–H groups in total. The molecule has 0 atom stereocenters. The average Bonchev–Trinajstić information content (AvgIpc) is 2.47. The molecule has 106 valence electrons. The molecule has 0 bridgehead atoms. The Kier molecular flexibility index (Phi) is 4.57. The van der Waals surface area contributed by atoms with Crippen molar-refractivity contribution in [3.8, 4) is 12.3 Å². The van der Waals surface area contributed by atoms with Gasteiger partial charge in [-0.3, -0.25) is 9.78 Å². The van der Waals surface area contributed by atoms with E-state index in [9.17, 15) is 4.79 Å². The Hall–Kier alpha value is -2.09. The summed E-state index contributed by atoms with van der Waals surface area (Å²) >= 11 is 0. The van der Waals surface area contributed by atoms with Gasteiger partial charge in [0.15, 0.2) is 0 Å².